The highest BCUT2D eigenvalue weighted by Crippen LogP contribution is 2.13. The molecule has 6 heteroatoms. The second-order valence-corrected chi connectivity index (χ2v) is 3.58. The topological polar surface area (TPSA) is 105 Å². The third-order valence-electron chi connectivity index (χ3n) is 2.10. The van der Waals surface area contributed by atoms with Crippen LogP contribution in [-0.4, -0.2) is 24.5 Å². The maximum absolute atomic E-state index is 11.5. The van der Waals surface area contributed by atoms with E-state index in [-0.39, 0.29) is 6.54 Å². The summed E-state index contributed by atoms with van der Waals surface area (Å²) in [5, 5.41) is 11.0. The largest absolute Gasteiger partial charge is 0.481 e. The number of rotatable bonds is 5. The summed E-state index contributed by atoms with van der Waals surface area (Å²) in [7, 11) is 0. The average molecular weight is 247 g/mol. The molecule has 0 aliphatic rings. The molecule has 0 radical (unpaired) electrons. The summed E-state index contributed by atoms with van der Waals surface area (Å²) in [6, 6.07) is 8.34. The van der Waals surface area contributed by atoms with Gasteiger partial charge in [-0.05, 0) is 31.2 Å². The fraction of sp³-hybridized carbons (Fsp3) is 0.250. The van der Waals surface area contributed by atoms with Crippen molar-refractivity contribution in [1.29, 1.82) is 5.26 Å². The average Bonchev–Trinajstić information content (AvgIpc) is 2.36. The van der Waals surface area contributed by atoms with Crippen molar-refractivity contribution in [2.75, 3.05) is 6.54 Å². The first-order valence-electron chi connectivity index (χ1n) is 5.25. The Labute approximate surface area is 104 Å². The van der Waals surface area contributed by atoms with Crippen LogP contribution in [0.15, 0.2) is 24.3 Å². The molecule has 0 bridgehead atoms. The summed E-state index contributed by atoms with van der Waals surface area (Å²) in [5.74, 6) is -0.581. The number of hydrogen-bond acceptors (Lipinski definition) is 4. The van der Waals surface area contributed by atoms with Crippen LogP contribution in [0.5, 0.6) is 5.75 Å². The maximum atomic E-state index is 11.5. The second-order valence-electron chi connectivity index (χ2n) is 3.58. The van der Waals surface area contributed by atoms with Gasteiger partial charge in [0.2, 0.25) is 5.91 Å². The molecular formula is C12H13N3O3. The van der Waals surface area contributed by atoms with E-state index in [4.69, 9.17) is 15.7 Å². The third kappa shape index (κ3) is 4.14. The summed E-state index contributed by atoms with van der Waals surface area (Å²) in [5.41, 5.74) is 5.41. The van der Waals surface area contributed by atoms with Crippen LogP contribution in [0.4, 0.5) is 0 Å². The molecule has 2 amide bonds. The van der Waals surface area contributed by atoms with Gasteiger partial charge in [0, 0.05) is 0 Å². The fourth-order valence-corrected chi connectivity index (χ4v) is 1.18. The molecule has 3 N–H and O–H groups in total. The van der Waals surface area contributed by atoms with Crippen molar-refractivity contribution in [2.45, 2.75) is 13.0 Å². The molecule has 0 aliphatic heterocycles. The summed E-state index contributed by atoms with van der Waals surface area (Å²) in [4.78, 5) is 22.0. The molecule has 6 nitrogen and oxygen atoms in total. The standard InChI is InChI=1S/C12H13N3O3/c1-8(12(17)15-7-11(14)16)18-10-4-2-9(6-13)3-5-10/h2-5,8H,7H2,1H3,(H2,14,16)(H,15,17)/t8-/m0/s1. The lowest BCUT2D eigenvalue weighted by molar-refractivity contribution is -0.129. The van der Waals surface area contributed by atoms with Gasteiger partial charge in [0.05, 0.1) is 18.2 Å². The van der Waals surface area contributed by atoms with Crippen LogP contribution in [0.1, 0.15) is 12.5 Å². The van der Waals surface area contributed by atoms with Gasteiger partial charge in [0.25, 0.3) is 5.91 Å². The number of benzene rings is 1. The molecule has 1 atom stereocenters. The first-order chi connectivity index (χ1) is 8.52. The fourth-order valence-electron chi connectivity index (χ4n) is 1.18. The highest BCUT2D eigenvalue weighted by atomic mass is 16.5. The minimum Gasteiger partial charge on any atom is -0.481 e. The van der Waals surface area contributed by atoms with Gasteiger partial charge in [-0.2, -0.15) is 5.26 Å². The van der Waals surface area contributed by atoms with Crippen LogP contribution in [-0.2, 0) is 9.59 Å². The van der Waals surface area contributed by atoms with Gasteiger partial charge in [-0.3, -0.25) is 9.59 Å². The van der Waals surface area contributed by atoms with Crippen LogP contribution < -0.4 is 15.8 Å². The van der Waals surface area contributed by atoms with Crippen LogP contribution in [0, 0.1) is 11.3 Å². The van der Waals surface area contributed by atoms with E-state index in [1.165, 1.54) is 0 Å². The SMILES string of the molecule is C[C@H](Oc1ccc(C#N)cc1)C(=O)NCC(N)=O. The number of carbonyl (C=O) groups excluding carboxylic acids is 2. The Hall–Kier alpha value is -2.55. The van der Waals surface area contributed by atoms with Crippen molar-refractivity contribution in [3.8, 4) is 11.8 Å². The van der Waals surface area contributed by atoms with Gasteiger partial charge in [-0.25, -0.2) is 0 Å². The van der Waals surface area contributed by atoms with E-state index >= 15 is 0 Å². The minimum absolute atomic E-state index is 0.222. The number of nitriles is 1. The van der Waals surface area contributed by atoms with Crippen LogP contribution >= 0.6 is 0 Å². The monoisotopic (exact) mass is 247 g/mol. The molecule has 0 saturated heterocycles. The number of nitrogens with zero attached hydrogens (tertiary/aromatic N) is 1. The number of amides is 2. The van der Waals surface area contributed by atoms with E-state index in [0.29, 0.717) is 11.3 Å². The Morgan fingerprint density at radius 2 is 2.06 bits per heavy atom. The van der Waals surface area contributed by atoms with E-state index < -0.39 is 17.9 Å². The summed E-state index contributed by atoms with van der Waals surface area (Å²) >= 11 is 0. The first kappa shape index (κ1) is 13.5. The lowest BCUT2D eigenvalue weighted by Crippen LogP contribution is -2.40. The smallest absolute Gasteiger partial charge is 0.261 e. The predicted octanol–water partition coefficient (Wildman–Crippen LogP) is -0.0729. The molecule has 18 heavy (non-hydrogen) atoms. The lowest BCUT2D eigenvalue weighted by atomic mass is 10.2. The Morgan fingerprint density at radius 3 is 2.56 bits per heavy atom. The number of nitrogens with two attached hydrogens (primary N) is 1. The van der Waals surface area contributed by atoms with Gasteiger partial charge >= 0.3 is 0 Å². The van der Waals surface area contributed by atoms with E-state index in [9.17, 15) is 9.59 Å². The van der Waals surface area contributed by atoms with Crippen molar-refractivity contribution in [3.05, 3.63) is 29.8 Å². The van der Waals surface area contributed by atoms with Gasteiger partial charge < -0.3 is 15.8 Å². The van der Waals surface area contributed by atoms with E-state index in [1.54, 1.807) is 31.2 Å². The van der Waals surface area contributed by atoms with E-state index in [1.807, 2.05) is 6.07 Å². The molecular weight excluding hydrogens is 234 g/mol. The van der Waals surface area contributed by atoms with Crippen molar-refractivity contribution in [3.63, 3.8) is 0 Å². The van der Waals surface area contributed by atoms with Gasteiger partial charge in [-0.1, -0.05) is 0 Å². The molecule has 1 rings (SSSR count). The number of hydrogen-bond donors (Lipinski definition) is 2. The van der Waals surface area contributed by atoms with Crippen molar-refractivity contribution >= 4 is 11.8 Å². The molecule has 0 unspecified atom stereocenters. The number of carbonyl (C=O) groups is 2. The summed E-state index contributed by atoms with van der Waals surface area (Å²) < 4.78 is 5.33. The Balaban J connectivity index is 2.53. The quantitative estimate of drug-likeness (QED) is 0.759. The van der Waals surface area contributed by atoms with Gasteiger partial charge in [-0.15, -0.1) is 0 Å². The Bertz CT molecular complexity index is 476. The second kappa shape index (κ2) is 6.25. The molecule has 1 aromatic carbocycles. The highest BCUT2D eigenvalue weighted by Gasteiger charge is 2.14. The normalized spacial score (nSPS) is 11.1. The van der Waals surface area contributed by atoms with Crippen molar-refractivity contribution in [2.24, 2.45) is 5.73 Å². The first-order valence-corrected chi connectivity index (χ1v) is 5.25. The Kier molecular flexibility index (Phi) is 4.69. The molecule has 0 saturated carbocycles. The molecule has 0 spiro atoms. The third-order valence-corrected chi connectivity index (χ3v) is 2.10. The highest BCUT2D eigenvalue weighted by molar-refractivity contribution is 5.86. The molecule has 94 valence electrons. The van der Waals surface area contributed by atoms with E-state index in [2.05, 4.69) is 5.32 Å². The van der Waals surface area contributed by atoms with Gasteiger partial charge in [0.1, 0.15) is 5.75 Å². The summed E-state index contributed by atoms with van der Waals surface area (Å²) in [6.07, 6.45) is -0.753. The molecule has 1 aromatic rings. The Morgan fingerprint density at radius 1 is 1.44 bits per heavy atom. The predicted molar refractivity (Wildman–Crippen MR) is 63.5 cm³/mol. The summed E-state index contributed by atoms with van der Waals surface area (Å²) in [6.45, 7) is 1.33. The molecule has 0 aliphatic carbocycles. The zero-order valence-electron chi connectivity index (χ0n) is 9.84. The zero-order valence-corrected chi connectivity index (χ0v) is 9.84. The van der Waals surface area contributed by atoms with Crippen LogP contribution in [0.2, 0.25) is 0 Å². The van der Waals surface area contributed by atoms with Crippen molar-refractivity contribution < 1.29 is 14.3 Å². The molecule has 0 fully saturated rings. The number of ether oxygens (including phenoxy) is 1. The van der Waals surface area contributed by atoms with Crippen LogP contribution in [0.25, 0.3) is 0 Å². The molecule has 0 heterocycles. The van der Waals surface area contributed by atoms with E-state index in [0.717, 1.165) is 0 Å². The number of primary amides is 1. The minimum atomic E-state index is -0.753. The zero-order chi connectivity index (χ0) is 13.5. The van der Waals surface area contributed by atoms with Crippen molar-refractivity contribution in [1.82, 2.24) is 5.32 Å². The lowest BCUT2D eigenvalue weighted by Gasteiger charge is -2.13. The molecule has 0 aromatic heterocycles. The van der Waals surface area contributed by atoms with Crippen LogP contribution in [0.3, 0.4) is 0 Å². The van der Waals surface area contributed by atoms with Gasteiger partial charge in [0.15, 0.2) is 6.10 Å². The number of nitrogens with one attached hydrogen (secondary N) is 1. The maximum Gasteiger partial charge on any atom is 0.261 e.